The van der Waals surface area contributed by atoms with Gasteiger partial charge in [0.2, 0.25) is 5.91 Å². The molecule has 0 unspecified atom stereocenters. The van der Waals surface area contributed by atoms with E-state index in [-0.39, 0.29) is 35.1 Å². The first-order valence-electron chi connectivity index (χ1n) is 12.4. The van der Waals surface area contributed by atoms with E-state index in [4.69, 9.17) is 15.2 Å². The Morgan fingerprint density at radius 3 is 2.17 bits per heavy atom. The fourth-order valence-electron chi connectivity index (χ4n) is 4.63. The van der Waals surface area contributed by atoms with Gasteiger partial charge in [0.25, 0.3) is 5.91 Å². The number of hydrogen-bond donors (Lipinski definition) is 2. The molecule has 0 bridgehead atoms. The molecule has 1 saturated heterocycles. The topological polar surface area (TPSA) is 131 Å². The summed E-state index contributed by atoms with van der Waals surface area (Å²) in [6.45, 7) is 1.16. The van der Waals surface area contributed by atoms with Crippen LogP contribution in [-0.4, -0.2) is 71.8 Å². The standard InChI is InChI=1S/C28H31FN4O6S/c1-38-23-16-20(21(30)17-24(23)39-2)27(34)31-26(18-7-5-4-6-8-18)28(35)33-13-11-32(12-14-33)22-10-9-19(29)15-25(22)40(3,36)37/h4-10,15-17,26H,11-14,30H2,1-3H3,(H,31,34)/t26-/m1/s1. The third-order valence-electron chi connectivity index (χ3n) is 6.71. The Kier molecular flexibility index (Phi) is 8.48. The second kappa shape index (κ2) is 11.8. The van der Waals surface area contributed by atoms with Crippen molar-refractivity contribution in [2.75, 3.05) is 57.3 Å². The minimum absolute atomic E-state index is 0.103. The number of nitrogen functional groups attached to an aromatic ring is 1. The monoisotopic (exact) mass is 570 g/mol. The van der Waals surface area contributed by atoms with E-state index in [1.165, 1.54) is 38.5 Å². The highest BCUT2D eigenvalue weighted by Crippen LogP contribution is 2.32. The average Bonchev–Trinajstić information content (AvgIpc) is 2.95. The number of piperazine rings is 1. The number of nitrogens with zero attached hydrogens (tertiary/aromatic N) is 2. The fraction of sp³-hybridized carbons (Fsp3) is 0.286. The van der Waals surface area contributed by atoms with Gasteiger partial charge in [-0.05, 0) is 29.8 Å². The van der Waals surface area contributed by atoms with Gasteiger partial charge < -0.3 is 30.3 Å². The third kappa shape index (κ3) is 6.12. The summed E-state index contributed by atoms with van der Waals surface area (Å²) in [5.41, 5.74) is 7.36. The van der Waals surface area contributed by atoms with Crippen molar-refractivity contribution in [2.45, 2.75) is 10.9 Å². The predicted molar refractivity (Wildman–Crippen MR) is 149 cm³/mol. The minimum Gasteiger partial charge on any atom is -0.493 e. The summed E-state index contributed by atoms with van der Waals surface area (Å²) in [5, 5.41) is 2.81. The van der Waals surface area contributed by atoms with E-state index in [1.807, 2.05) is 0 Å². The number of hydrogen-bond acceptors (Lipinski definition) is 8. The number of nitrogens with one attached hydrogen (secondary N) is 1. The number of carbonyl (C=O) groups is 2. The second-order valence-corrected chi connectivity index (χ2v) is 11.3. The van der Waals surface area contributed by atoms with E-state index < -0.39 is 27.6 Å². The van der Waals surface area contributed by atoms with Gasteiger partial charge in [-0.1, -0.05) is 30.3 Å². The van der Waals surface area contributed by atoms with Gasteiger partial charge in [0.05, 0.1) is 30.4 Å². The van der Waals surface area contributed by atoms with Crippen LogP contribution in [0.3, 0.4) is 0 Å². The highest BCUT2D eigenvalue weighted by atomic mass is 32.2. The first-order valence-corrected chi connectivity index (χ1v) is 14.3. The highest BCUT2D eigenvalue weighted by Gasteiger charge is 2.32. The maximum Gasteiger partial charge on any atom is 0.254 e. The van der Waals surface area contributed by atoms with Crippen molar-refractivity contribution in [1.29, 1.82) is 0 Å². The molecule has 1 atom stereocenters. The molecular formula is C28H31FN4O6S. The molecule has 1 heterocycles. The SMILES string of the molecule is COc1cc(N)c(C(=O)N[C@@H](C(=O)N2CCN(c3ccc(F)cc3S(C)(=O)=O)CC2)c2ccccc2)cc1OC. The number of sulfone groups is 1. The van der Waals surface area contributed by atoms with Crippen LogP contribution in [0.4, 0.5) is 15.8 Å². The molecule has 40 heavy (non-hydrogen) atoms. The molecule has 2 amide bonds. The van der Waals surface area contributed by atoms with Crippen LogP contribution < -0.4 is 25.4 Å². The molecule has 212 valence electrons. The van der Waals surface area contributed by atoms with E-state index in [0.717, 1.165) is 12.3 Å². The summed E-state index contributed by atoms with van der Waals surface area (Å²) >= 11 is 0. The second-order valence-electron chi connectivity index (χ2n) is 9.31. The molecule has 0 aromatic heterocycles. The van der Waals surface area contributed by atoms with Crippen LogP contribution >= 0.6 is 0 Å². The van der Waals surface area contributed by atoms with Crippen LogP contribution in [0.1, 0.15) is 22.0 Å². The Bertz CT molecular complexity index is 1510. The Hall–Kier alpha value is -4.32. The molecule has 0 saturated carbocycles. The molecule has 10 nitrogen and oxygen atoms in total. The Morgan fingerprint density at radius 1 is 0.950 bits per heavy atom. The lowest BCUT2D eigenvalue weighted by Crippen LogP contribution is -2.52. The summed E-state index contributed by atoms with van der Waals surface area (Å²) in [7, 11) is -0.776. The smallest absolute Gasteiger partial charge is 0.254 e. The zero-order chi connectivity index (χ0) is 29.0. The van der Waals surface area contributed by atoms with E-state index in [9.17, 15) is 22.4 Å². The molecular weight excluding hydrogens is 539 g/mol. The molecule has 1 aliphatic heterocycles. The number of amides is 2. The maximum atomic E-state index is 13.8. The van der Waals surface area contributed by atoms with Gasteiger partial charge >= 0.3 is 0 Å². The fourth-order valence-corrected chi connectivity index (χ4v) is 5.53. The van der Waals surface area contributed by atoms with Crippen LogP contribution in [0.15, 0.2) is 65.6 Å². The molecule has 0 aliphatic carbocycles. The van der Waals surface area contributed by atoms with Gasteiger partial charge in [-0.2, -0.15) is 0 Å². The molecule has 12 heteroatoms. The largest absolute Gasteiger partial charge is 0.493 e. The number of benzene rings is 3. The Labute approximate surface area is 232 Å². The molecule has 0 spiro atoms. The lowest BCUT2D eigenvalue weighted by molar-refractivity contribution is -0.133. The average molecular weight is 571 g/mol. The highest BCUT2D eigenvalue weighted by molar-refractivity contribution is 7.90. The number of rotatable bonds is 8. The lowest BCUT2D eigenvalue weighted by Gasteiger charge is -2.38. The van der Waals surface area contributed by atoms with Crippen molar-refractivity contribution in [2.24, 2.45) is 0 Å². The molecule has 1 aliphatic rings. The molecule has 0 radical (unpaired) electrons. The van der Waals surface area contributed by atoms with Crippen LogP contribution in [0.2, 0.25) is 0 Å². The molecule has 1 fully saturated rings. The molecule has 3 aromatic rings. The van der Waals surface area contributed by atoms with Crippen molar-refractivity contribution in [3.63, 3.8) is 0 Å². The van der Waals surface area contributed by atoms with Gasteiger partial charge in [0.15, 0.2) is 21.3 Å². The van der Waals surface area contributed by atoms with Gasteiger partial charge in [0, 0.05) is 44.2 Å². The van der Waals surface area contributed by atoms with Gasteiger partial charge in [-0.3, -0.25) is 9.59 Å². The number of methoxy groups -OCH3 is 2. The number of nitrogens with two attached hydrogens (primary N) is 1. The molecule has 3 aromatic carbocycles. The summed E-state index contributed by atoms with van der Waals surface area (Å²) in [5.74, 6) is -0.862. The zero-order valence-corrected chi connectivity index (χ0v) is 23.2. The zero-order valence-electron chi connectivity index (χ0n) is 22.4. The first-order chi connectivity index (χ1) is 19.0. The van der Waals surface area contributed by atoms with Crippen LogP contribution in [0, 0.1) is 5.82 Å². The van der Waals surface area contributed by atoms with E-state index in [1.54, 1.807) is 40.1 Å². The van der Waals surface area contributed by atoms with Crippen LogP contribution in [0.5, 0.6) is 11.5 Å². The summed E-state index contributed by atoms with van der Waals surface area (Å²) < 4.78 is 48.9. The first kappa shape index (κ1) is 28.7. The van der Waals surface area contributed by atoms with E-state index in [2.05, 4.69) is 5.32 Å². The van der Waals surface area contributed by atoms with E-state index in [0.29, 0.717) is 35.8 Å². The molecule has 3 N–H and O–H groups in total. The Morgan fingerprint density at radius 2 is 1.57 bits per heavy atom. The van der Waals surface area contributed by atoms with Crippen molar-refractivity contribution in [3.8, 4) is 11.5 Å². The number of carbonyl (C=O) groups excluding carboxylic acids is 2. The van der Waals surface area contributed by atoms with Crippen molar-refractivity contribution in [1.82, 2.24) is 10.2 Å². The van der Waals surface area contributed by atoms with Gasteiger partial charge in [0.1, 0.15) is 11.9 Å². The van der Waals surface area contributed by atoms with E-state index >= 15 is 0 Å². The van der Waals surface area contributed by atoms with Crippen molar-refractivity contribution in [3.05, 3.63) is 77.6 Å². The van der Waals surface area contributed by atoms with Gasteiger partial charge in [-0.25, -0.2) is 12.8 Å². The van der Waals surface area contributed by atoms with Gasteiger partial charge in [-0.15, -0.1) is 0 Å². The van der Waals surface area contributed by atoms with Crippen molar-refractivity contribution < 1.29 is 31.9 Å². The van der Waals surface area contributed by atoms with Crippen LogP contribution in [0.25, 0.3) is 0 Å². The lowest BCUT2D eigenvalue weighted by atomic mass is 10.0. The predicted octanol–water partition coefficient (Wildman–Crippen LogP) is 2.65. The minimum atomic E-state index is -3.67. The summed E-state index contributed by atoms with van der Waals surface area (Å²) in [6.07, 6.45) is 1.03. The van der Waals surface area contributed by atoms with Crippen molar-refractivity contribution >= 4 is 33.0 Å². The number of ether oxygens (including phenoxy) is 2. The quantitative estimate of drug-likeness (QED) is 0.395. The Balaban J connectivity index is 1.56. The molecule has 4 rings (SSSR count). The normalized spacial score (nSPS) is 14.4. The third-order valence-corrected chi connectivity index (χ3v) is 7.83. The maximum absolute atomic E-state index is 13.8. The summed E-state index contributed by atoms with van der Waals surface area (Å²) in [4.78, 5) is 30.4. The number of halogens is 1. The van der Waals surface area contributed by atoms with Crippen LogP contribution in [-0.2, 0) is 14.6 Å². The summed E-state index contributed by atoms with van der Waals surface area (Å²) in [6, 6.07) is 14.4. The number of anilines is 2.